The molecule has 1 aromatic heterocycles. The van der Waals surface area contributed by atoms with Gasteiger partial charge in [0.1, 0.15) is 0 Å². The van der Waals surface area contributed by atoms with Crippen LogP contribution in [0, 0.1) is 0 Å². The summed E-state index contributed by atoms with van der Waals surface area (Å²) < 4.78 is 0. The Balaban J connectivity index is 3.11. The number of rotatable bonds is 4. The Morgan fingerprint density at radius 3 is 1.54 bits per heavy atom. The molecular formula is C23H43N2P. The van der Waals surface area contributed by atoms with Crippen LogP contribution in [0.15, 0.2) is 18.2 Å². The van der Waals surface area contributed by atoms with E-state index in [1.54, 1.807) is 0 Å². The molecule has 0 radical (unpaired) electrons. The minimum absolute atomic E-state index is 0.110. The molecule has 2 nitrogen and oxygen atoms in total. The summed E-state index contributed by atoms with van der Waals surface area (Å²) >= 11 is 0. The molecule has 0 aromatic carbocycles. The van der Waals surface area contributed by atoms with Crippen molar-refractivity contribution in [2.45, 2.75) is 117 Å². The summed E-state index contributed by atoms with van der Waals surface area (Å²) in [5.41, 5.74) is 2.66. The van der Waals surface area contributed by atoms with E-state index in [1.807, 2.05) is 0 Å². The molecule has 0 unspecified atom stereocenters. The second kappa shape index (κ2) is 7.88. The summed E-state index contributed by atoms with van der Waals surface area (Å²) in [6, 6.07) is 6.60. The summed E-state index contributed by atoms with van der Waals surface area (Å²) in [4.78, 5) is 7.63. The predicted octanol–water partition coefficient (Wildman–Crippen LogP) is 7.06. The molecule has 0 bridgehead atoms. The Bertz CT molecular complexity index is 503. The summed E-state index contributed by atoms with van der Waals surface area (Å²) in [7, 11) is -0.173. The van der Waals surface area contributed by atoms with E-state index in [0.717, 1.165) is 12.7 Å². The van der Waals surface area contributed by atoms with Crippen LogP contribution >= 0.6 is 7.92 Å². The molecule has 0 atom stereocenters. The van der Waals surface area contributed by atoms with E-state index in [-0.39, 0.29) is 19.0 Å². The maximum absolute atomic E-state index is 5.08. The van der Waals surface area contributed by atoms with Crippen LogP contribution in [0.1, 0.15) is 94.5 Å². The molecule has 3 heteroatoms. The molecule has 1 rings (SSSR count). The van der Waals surface area contributed by atoms with Crippen LogP contribution in [-0.2, 0) is 12.7 Å². The van der Waals surface area contributed by atoms with E-state index < -0.39 is 0 Å². The molecule has 1 heterocycles. The van der Waals surface area contributed by atoms with Gasteiger partial charge in [-0.2, -0.15) is 0 Å². The van der Waals surface area contributed by atoms with Crippen LogP contribution in [0.25, 0.3) is 0 Å². The smallest absolute Gasteiger partial charge is 0.0547 e. The van der Waals surface area contributed by atoms with Crippen molar-refractivity contribution in [3.63, 3.8) is 0 Å². The third-order valence-corrected chi connectivity index (χ3v) is 8.62. The maximum atomic E-state index is 5.08. The minimum atomic E-state index is -0.173. The highest BCUT2D eigenvalue weighted by Crippen LogP contribution is 2.61. The molecule has 0 aliphatic heterocycles. The Kier molecular flexibility index (Phi) is 7.15. The number of aromatic nitrogens is 1. The van der Waals surface area contributed by atoms with E-state index in [2.05, 4.69) is 106 Å². The largest absolute Gasteiger partial charge is 0.288 e. The van der Waals surface area contributed by atoms with Crippen LogP contribution in [0.5, 0.6) is 0 Å². The Hall–Kier alpha value is -0.460. The van der Waals surface area contributed by atoms with Crippen molar-refractivity contribution in [3.8, 4) is 0 Å². The average Bonchev–Trinajstić information content (AvgIpc) is 2.37. The Morgan fingerprint density at radius 1 is 0.731 bits per heavy atom. The fourth-order valence-corrected chi connectivity index (χ4v) is 7.45. The second-order valence-corrected chi connectivity index (χ2v) is 15.3. The van der Waals surface area contributed by atoms with Gasteiger partial charge in [0.15, 0.2) is 0 Å². The van der Waals surface area contributed by atoms with E-state index >= 15 is 0 Å². The fourth-order valence-electron chi connectivity index (χ4n) is 3.99. The van der Waals surface area contributed by atoms with Gasteiger partial charge in [-0.25, -0.2) is 0 Å². The van der Waals surface area contributed by atoms with Crippen molar-refractivity contribution in [2.24, 2.45) is 0 Å². The normalized spacial score (nSPS) is 14.4. The lowest BCUT2D eigenvalue weighted by atomic mass is 9.95. The van der Waals surface area contributed by atoms with Crippen LogP contribution in [-0.4, -0.2) is 31.3 Å². The molecule has 0 fully saturated rings. The van der Waals surface area contributed by atoms with Gasteiger partial charge in [-0.3, -0.25) is 9.88 Å². The molecule has 26 heavy (non-hydrogen) atoms. The summed E-state index contributed by atoms with van der Waals surface area (Å²) in [6.07, 6.45) is 1.10. The predicted molar refractivity (Wildman–Crippen MR) is 119 cm³/mol. The lowest BCUT2D eigenvalue weighted by Crippen LogP contribution is -2.52. The zero-order chi connectivity index (χ0) is 20.6. The van der Waals surface area contributed by atoms with Crippen LogP contribution in [0.3, 0.4) is 0 Å². The average molecular weight is 379 g/mol. The molecule has 1 aromatic rings. The molecule has 0 spiro atoms. The van der Waals surface area contributed by atoms with Crippen LogP contribution in [0.2, 0.25) is 0 Å². The lowest BCUT2D eigenvalue weighted by molar-refractivity contribution is 0.0285. The van der Waals surface area contributed by atoms with Crippen LogP contribution < -0.4 is 0 Å². The molecule has 0 amide bonds. The number of hydrogen-bond acceptors (Lipinski definition) is 2. The van der Waals surface area contributed by atoms with Gasteiger partial charge in [-0.15, -0.1) is 0 Å². The molecule has 0 saturated heterocycles. The highest BCUT2D eigenvalue weighted by Gasteiger charge is 2.35. The first-order valence-electron chi connectivity index (χ1n) is 9.93. The third-order valence-electron chi connectivity index (χ3n) is 4.74. The number of nitrogens with zero attached hydrogens (tertiary/aromatic N) is 2. The van der Waals surface area contributed by atoms with Crippen molar-refractivity contribution in [1.29, 1.82) is 0 Å². The minimum Gasteiger partial charge on any atom is -0.288 e. The molecule has 150 valence electrons. The first-order chi connectivity index (χ1) is 11.4. The zero-order valence-corrected chi connectivity index (χ0v) is 20.4. The van der Waals surface area contributed by atoms with Crippen molar-refractivity contribution in [1.82, 2.24) is 9.88 Å². The third kappa shape index (κ3) is 6.93. The van der Waals surface area contributed by atoms with Gasteiger partial charge >= 0.3 is 0 Å². The SMILES string of the molecule is CC(C)(C)N(Cc1cccc(CP(C(C)(C)C)C(C)(C)C)n1)C(C)(C)C. The summed E-state index contributed by atoms with van der Waals surface area (Å²) in [5.74, 6) is 0. The lowest BCUT2D eigenvalue weighted by Gasteiger charge is -2.45. The maximum Gasteiger partial charge on any atom is 0.0547 e. The van der Waals surface area contributed by atoms with Gasteiger partial charge in [0.25, 0.3) is 0 Å². The molecular weight excluding hydrogens is 335 g/mol. The second-order valence-electron chi connectivity index (χ2n) is 11.5. The first-order valence-corrected chi connectivity index (χ1v) is 11.5. The van der Waals surface area contributed by atoms with Crippen molar-refractivity contribution >= 4 is 7.92 Å². The molecule has 0 aliphatic rings. The highest BCUT2D eigenvalue weighted by atomic mass is 31.1. The van der Waals surface area contributed by atoms with Crippen molar-refractivity contribution < 1.29 is 0 Å². The van der Waals surface area contributed by atoms with Crippen LogP contribution in [0.4, 0.5) is 0 Å². The number of hydrogen-bond donors (Lipinski definition) is 0. The first kappa shape index (κ1) is 23.6. The Morgan fingerprint density at radius 2 is 1.15 bits per heavy atom. The van der Waals surface area contributed by atoms with E-state index in [4.69, 9.17) is 4.98 Å². The van der Waals surface area contributed by atoms with E-state index in [9.17, 15) is 0 Å². The van der Waals surface area contributed by atoms with Crippen molar-refractivity contribution in [3.05, 3.63) is 29.6 Å². The molecule has 0 aliphatic carbocycles. The highest BCUT2D eigenvalue weighted by molar-refractivity contribution is 7.60. The fraction of sp³-hybridized carbons (Fsp3) is 0.783. The summed E-state index contributed by atoms with van der Waals surface area (Å²) in [5, 5.41) is 0.655. The van der Waals surface area contributed by atoms with E-state index in [1.165, 1.54) is 11.4 Å². The molecule has 0 saturated carbocycles. The number of pyridine rings is 1. The van der Waals surface area contributed by atoms with E-state index in [0.29, 0.717) is 10.3 Å². The van der Waals surface area contributed by atoms with Gasteiger partial charge in [0, 0.05) is 29.5 Å². The van der Waals surface area contributed by atoms with Gasteiger partial charge in [0.2, 0.25) is 0 Å². The topological polar surface area (TPSA) is 16.1 Å². The summed E-state index contributed by atoms with van der Waals surface area (Å²) in [6.45, 7) is 28.9. The van der Waals surface area contributed by atoms with Gasteiger partial charge in [0.05, 0.1) is 5.69 Å². The monoisotopic (exact) mass is 378 g/mol. The van der Waals surface area contributed by atoms with Gasteiger partial charge in [-0.1, -0.05) is 55.5 Å². The Labute approximate surface area is 164 Å². The quantitative estimate of drug-likeness (QED) is 0.521. The molecule has 0 N–H and O–H groups in total. The van der Waals surface area contributed by atoms with Gasteiger partial charge < -0.3 is 0 Å². The zero-order valence-electron chi connectivity index (χ0n) is 19.5. The van der Waals surface area contributed by atoms with Crippen molar-refractivity contribution in [2.75, 3.05) is 0 Å². The standard InChI is InChI=1S/C23H43N2P/c1-20(2,3)25(21(4,5)6)16-18-14-13-15-19(24-18)17-26(22(7,8)9)23(10,11)12/h13-15H,16-17H2,1-12H3. The van der Waals surface area contributed by atoms with Gasteiger partial charge in [-0.05, 0) is 64.0 Å².